The third-order valence-electron chi connectivity index (χ3n) is 3.31. The molecule has 0 saturated heterocycles. The minimum absolute atomic E-state index is 0.184. The fourth-order valence-corrected chi connectivity index (χ4v) is 2.08. The number of carbonyl (C=O) groups is 1. The van der Waals surface area contributed by atoms with Gasteiger partial charge in [0, 0.05) is 12.0 Å². The van der Waals surface area contributed by atoms with Crippen LogP contribution in [0, 0.1) is 0 Å². The zero-order valence-corrected chi connectivity index (χ0v) is 12.0. The molecule has 0 N–H and O–H groups in total. The van der Waals surface area contributed by atoms with E-state index in [2.05, 4.69) is 0 Å². The summed E-state index contributed by atoms with van der Waals surface area (Å²) in [6.45, 7) is 0. The number of halogens is 3. The lowest BCUT2D eigenvalue weighted by atomic mass is 10.0. The maximum absolute atomic E-state index is 12.5. The van der Waals surface area contributed by atoms with E-state index >= 15 is 0 Å². The summed E-state index contributed by atoms with van der Waals surface area (Å²) in [6, 6.07) is 11.6. The summed E-state index contributed by atoms with van der Waals surface area (Å²) in [7, 11) is 1.56. The van der Waals surface area contributed by atoms with Gasteiger partial charge in [0.25, 0.3) is 0 Å². The van der Waals surface area contributed by atoms with Crippen molar-refractivity contribution >= 4 is 5.78 Å². The summed E-state index contributed by atoms with van der Waals surface area (Å²) >= 11 is 0. The van der Waals surface area contributed by atoms with Gasteiger partial charge in [-0.1, -0.05) is 24.3 Å². The molecule has 0 aliphatic heterocycles. The Labute approximate surface area is 126 Å². The SMILES string of the molecule is COc1cccc(CCC(=O)c2ccc(C(F)(F)F)cc2)c1. The van der Waals surface area contributed by atoms with Crippen LogP contribution in [0.15, 0.2) is 48.5 Å². The molecule has 0 atom stereocenters. The highest BCUT2D eigenvalue weighted by Crippen LogP contribution is 2.29. The molecule has 2 nitrogen and oxygen atoms in total. The molecule has 0 aromatic heterocycles. The Morgan fingerprint density at radius 2 is 1.77 bits per heavy atom. The molecule has 0 spiro atoms. The number of hydrogen-bond donors (Lipinski definition) is 0. The molecular formula is C17H15F3O2. The number of hydrogen-bond acceptors (Lipinski definition) is 2. The number of alkyl halides is 3. The molecule has 116 valence electrons. The Morgan fingerprint density at radius 1 is 1.09 bits per heavy atom. The predicted octanol–water partition coefficient (Wildman–Crippen LogP) is 4.53. The van der Waals surface area contributed by atoms with Gasteiger partial charge in [-0.25, -0.2) is 0 Å². The van der Waals surface area contributed by atoms with Crippen LogP contribution < -0.4 is 4.74 Å². The van der Waals surface area contributed by atoms with Gasteiger partial charge in [0.05, 0.1) is 12.7 Å². The number of carbonyl (C=O) groups excluding carboxylic acids is 1. The van der Waals surface area contributed by atoms with E-state index in [1.165, 1.54) is 12.1 Å². The van der Waals surface area contributed by atoms with Crippen LogP contribution >= 0.6 is 0 Å². The number of ether oxygens (including phenoxy) is 1. The van der Waals surface area contributed by atoms with E-state index in [9.17, 15) is 18.0 Å². The summed E-state index contributed by atoms with van der Waals surface area (Å²) in [5.41, 5.74) is 0.479. The molecule has 0 unspecified atom stereocenters. The molecule has 2 aromatic rings. The molecule has 0 saturated carbocycles. The second-order valence-corrected chi connectivity index (χ2v) is 4.85. The molecule has 0 radical (unpaired) electrons. The molecule has 2 aromatic carbocycles. The van der Waals surface area contributed by atoms with Crippen molar-refractivity contribution in [2.24, 2.45) is 0 Å². The standard InChI is InChI=1S/C17H15F3O2/c1-22-15-4-2-3-12(11-15)5-10-16(21)13-6-8-14(9-7-13)17(18,19)20/h2-4,6-9,11H,5,10H2,1H3. The first-order valence-electron chi connectivity index (χ1n) is 6.73. The fraction of sp³-hybridized carbons (Fsp3) is 0.235. The molecule has 0 aliphatic rings. The summed E-state index contributed by atoms with van der Waals surface area (Å²) in [5.74, 6) is 0.524. The molecular weight excluding hydrogens is 293 g/mol. The van der Waals surface area contributed by atoms with Gasteiger partial charge in [0.15, 0.2) is 5.78 Å². The molecule has 0 bridgehead atoms. The van der Waals surface area contributed by atoms with Crippen molar-refractivity contribution in [3.05, 3.63) is 65.2 Å². The normalized spacial score (nSPS) is 11.3. The maximum Gasteiger partial charge on any atom is 0.416 e. The number of aryl methyl sites for hydroxylation is 1. The maximum atomic E-state index is 12.5. The first-order valence-corrected chi connectivity index (χ1v) is 6.73. The number of rotatable bonds is 5. The highest BCUT2D eigenvalue weighted by molar-refractivity contribution is 5.96. The van der Waals surface area contributed by atoms with Crippen molar-refractivity contribution in [2.75, 3.05) is 7.11 Å². The minimum atomic E-state index is -4.39. The third-order valence-corrected chi connectivity index (χ3v) is 3.31. The molecule has 22 heavy (non-hydrogen) atoms. The molecule has 0 heterocycles. The largest absolute Gasteiger partial charge is 0.497 e. The van der Waals surface area contributed by atoms with Crippen molar-refractivity contribution in [3.63, 3.8) is 0 Å². The van der Waals surface area contributed by atoms with Crippen molar-refractivity contribution in [1.82, 2.24) is 0 Å². The smallest absolute Gasteiger partial charge is 0.416 e. The monoisotopic (exact) mass is 308 g/mol. The highest BCUT2D eigenvalue weighted by Gasteiger charge is 2.30. The Bertz CT molecular complexity index is 646. The summed E-state index contributed by atoms with van der Waals surface area (Å²) < 4.78 is 42.5. The van der Waals surface area contributed by atoms with E-state index < -0.39 is 11.7 Å². The Kier molecular flexibility index (Phi) is 4.85. The summed E-state index contributed by atoms with van der Waals surface area (Å²) in [4.78, 5) is 12.0. The van der Waals surface area contributed by atoms with Gasteiger partial charge in [-0.15, -0.1) is 0 Å². The highest BCUT2D eigenvalue weighted by atomic mass is 19.4. The van der Waals surface area contributed by atoms with E-state index in [1.807, 2.05) is 18.2 Å². The van der Waals surface area contributed by atoms with Crippen molar-refractivity contribution in [2.45, 2.75) is 19.0 Å². The number of ketones is 1. The van der Waals surface area contributed by atoms with Crippen molar-refractivity contribution in [1.29, 1.82) is 0 Å². The van der Waals surface area contributed by atoms with E-state index in [4.69, 9.17) is 4.74 Å². The van der Waals surface area contributed by atoms with Gasteiger partial charge in [-0.3, -0.25) is 4.79 Å². The topological polar surface area (TPSA) is 26.3 Å². The molecule has 5 heteroatoms. The van der Waals surface area contributed by atoms with Crippen molar-refractivity contribution in [3.8, 4) is 5.75 Å². The average Bonchev–Trinajstić information content (AvgIpc) is 2.52. The lowest BCUT2D eigenvalue weighted by Gasteiger charge is -2.07. The summed E-state index contributed by atoms with van der Waals surface area (Å²) in [6.07, 6.45) is -3.64. The zero-order valence-electron chi connectivity index (χ0n) is 12.0. The van der Waals surface area contributed by atoms with Crippen LogP contribution in [-0.2, 0) is 12.6 Å². The lowest BCUT2D eigenvalue weighted by Crippen LogP contribution is -2.06. The second kappa shape index (κ2) is 6.64. The van der Waals surface area contributed by atoms with Gasteiger partial charge in [0.1, 0.15) is 5.75 Å². The number of Topliss-reactive ketones (excluding diaryl/α,β-unsaturated/α-hetero) is 1. The van der Waals surface area contributed by atoms with Crippen LogP contribution in [0.5, 0.6) is 5.75 Å². The molecule has 0 aliphatic carbocycles. The Hall–Kier alpha value is -2.30. The average molecular weight is 308 g/mol. The second-order valence-electron chi connectivity index (χ2n) is 4.85. The van der Waals surface area contributed by atoms with E-state index in [-0.39, 0.29) is 17.8 Å². The van der Waals surface area contributed by atoms with Gasteiger partial charge in [0.2, 0.25) is 0 Å². The quantitative estimate of drug-likeness (QED) is 0.759. The van der Waals surface area contributed by atoms with Crippen LogP contribution in [0.2, 0.25) is 0 Å². The van der Waals surface area contributed by atoms with E-state index in [0.29, 0.717) is 12.2 Å². The first kappa shape index (κ1) is 16.1. The van der Waals surface area contributed by atoms with Crippen molar-refractivity contribution < 1.29 is 22.7 Å². The van der Waals surface area contributed by atoms with Crippen LogP contribution in [0.25, 0.3) is 0 Å². The summed E-state index contributed by atoms with van der Waals surface area (Å²) in [5, 5.41) is 0. The van der Waals surface area contributed by atoms with E-state index in [0.717, 1.165) is 17.7 Å². The fourth-order valence-electron chi connectivity index (χ4n) is 2.08. The minimum Gasteiger partial charge on any atom is -0.497 e. The van der Waals surface area contributed by atoms with Crippen LogP contribution in [-0.4, -0.2) is 12.9 Å². The molecule has 0 amide bonds. The molecule has 0 fully saturated rings. The van der Waals surface area contributed by atoms with E-state index in [1.54, 1.807) is 13.2 Å². The molecule has 2 rings (SSSR count). The van der Waals surface area contributed by atoms with Gasteiger partial charge < -0.3 is 4.74 Å². The van der Waals surface area contributed by atoms with Gasteiger partial charge in [-0.2, -0.15) is 13.2 Å². The predicted molar refractivity (Wildman–Crippen MR) is 77.1 cm³/mol. The van der Waals surface area contributed by atoms with Gasteiger partial charge >= 0.3 is 6.18 Å². The van der Waals surface area contributed by atoms with Crippen LogP contribution in [0.1, 0.15) is 27.9 Å². The third kappa shape index (κ3) is 4.10. The number of benzene rings is 2. The van der Waals surface area contributed by atoms with Crippen LogP contribution in [0.3, 0.4) is 0 Å². The van der Waals surface area contributed by atoms with Crippen LogP contribution in [0.4, 0.5) is 13.2 Å². The number of methoxy groups -OCH3 is 1. The van der Waals surface area contributed by atoms with Gasteiger partial charge in [-0.05, 0) is 36.2 Å². The lowest BCUT2D eigenvalue weighted by molar-refractivity contribution is -0.137. The zero-order chi connectivity index (χ0) is 16.2. The Balaban J connectivity index is 2.00. The first-order chi connectivity index (χ1) is 10.4. The Morgan fingerprint density at radius 3 is 2.36 bits per heavy atom.